The standard InChI is InChI=1S/C18H28N2O2/c1-21-18-3-2-16(12-15-4-6-19-7-5-15)13-17(18)14-20-8-10-22-11-9-20/h2-3,13,15,19H,4-12,14H2,1H3. The molecule has 2 aliphatic heterocycles. The van der Waals surface area contributed by atoms with Gasteiger partial charge in [-0.15, -0.1) is 0 Å². The number of piperidine rings is 1. The van der Waals surface area contributed by atoms with Gasteiger partial charge >= 0.3 is 0 Å². The van der Waals surface area contributed by atoms with E-state index in [1.807, 2.05) is 0 Å². The van der Waals surface area contributed by atoms with E-state index in [0.717, 1.165) is 44.5 Å². The minimum absolute atomic E-state index is 0.825. The molecule has 0 unspecified atom stereocenters. The van der Waals surface area contributed by atoms with Gasteiger partial charge in [0.15, 0.2) is 0 Å². The highest BCUT2D eigenvalue weighted by molar-refractivity contribution is 5.37. The topological polar surface area (TPSA) is 33.7 Å². The molecule has 22 heavy (non-hydrogen) atoms. The quantitative estimate of drug-likeness (QED) is 0.903. The van der Waals surface area contributed by atoms with Crippen molar-refractivity contribution in [3.8, 4) is 5.75 Å². The Morgan fingerprint density at radius 3 is 2.73 bits per heavy atom. The Balaban J connectivity index is 1.67. The van der Waals surface area contributed by atoms with Crippen molar-refractivity contribution in [2.24, 2.45) is 5.92 Å². The SMILES string of the molecule is COc1ccc(CC2CCNCC2)cc1CN1CCOCC1. The molecule has 1 aromatic rings. The summed E-state index contributed by atoms with van der Waals surface area (Å²) in [4.78, 5) is 2.45. The van der Waals surface area contributed by atoms with Gasteiger partial charge in [0, 0.05) is 25.2 Å². The Morgan fingerprint density at radius 1 is 1.23 bits per heavy atom. The number of morpholine rings is 1. The first-order valence-corrected chi connectivity index (χ1v) is 8.52. The summed E-state index contributed by atoms with van der Waals surface area (Å²) >= 11 is 0. The number of nitrogens with zero attached hydrogens (tertiary/aromatic N) is 1. The van der Waals surface area contributed by atoms with Crippen LogP contribution in [-0.2, 0) is 17.7 Å². The minimum atomic E-state index is 0.825. The zero-order valence-corrected chi connectivity index (χ0v) is 13.6. The van der Waals surface area contributed by atoms with E-state index < -0.39 is 0 Å². The van der Waals surface area contributed by atoms with Crippen molar-refractivity contribution >= 4 is 0 Å². The zero-order chi connectivity index (χ0) is 15.2. The first kappa shape index (κ1) is 15.8. The van der Waals surface area contributed by atoms with E-state index in [0.29, 0.717) is 0 Å². The van der Waals surface area contributed by atoms with E-state index in [9.17, 15) is 0 Å². The smallest absolute Gasteiger partial charge is 0.123 e. The predicted molar refractivity (Wildman–Crippen MR) is 88.4 cm³/mol. The molecule has 0 aromatic heterocycles. The summed E-state index contributed by atoms with van der Waals surface area (Å²) < 4.78 is 11.0. The normalized spacial score (nSPS) is 21.0. The van der Waals surface area contributed by atoms with Crippen LogP contribution in [0, 0.1) is 5.92 Å². The third kappa shape index (κ3) is 4.22. The van der Waals surface area contributed by atoms with Gasteiger partial charge in [-0.1, -0.05) is 12.1 Å². The molecular formula is C18H28N2O2. The van der Waals surface area contributed by atoms with Crippen LogP contribution >= 0.6 is 0 Å². The molecule has 2 saturated heterocycles. The largest absolute Gasteiger partial charge is 0.496 e. The fourth-order valence-corrected chi connectivity index (χ4v) is 3.50. The molecule has 122 valence electrons. The maximum atomic E-state index is 5.56. The van der Waals surface area contributed by atoms with Crippen LogP contribution in [0.5, 0.6) is 5.75 Å². The molecule has 0 amide bonds. The lowest BCUT2D eigenvalue weighted by Crippen LogP contribution is -2.35. The van der Waals surface area contributed by atoms with Crippen molar-refractivity contribution in [3.63, 3.8) is 0 Å². The highest BCUT2D eigenvalue weighted by Gasteiger charge is 2.16. The molecule has 0 saturated carbocycles. The Morgan fingerprint density at radius 2 is 2.00 bits per heavy atom. The highest BCUT2D eigenvalue weighted by Crippen LogP contribution is 2.25. The first-order valence-electron chi connectivity index (χ1n) is 8.52. The third-order valence-electron chi connectivity index (χ3n) is 4.83. The Kier molecular flexibility index (Phi) is 5.70. The molecule has 2 fully saturated rings. The van der Waals surface area contributed by atoms with Gasteiger partial charge in [0.2, 0.25) is 0 Å². The lowest BCUT2D eigenvalue weighted by molar-refractivity contribution is 0.0339. The summed E-state index contributed by atoms with van der Waals surface area (Å²) in [5.74, 6) is 1.84. The van der Waals surface area contributed by atoms with Gasteiger partial charge in [-0.25, -0.2) is 0 Å². The van der Waals surface area contributed by atoms with Crippen LogP contribution in [0.2, 0.25) is 0 Å². The van der Waals surface area contributed by atoms with Crippen LogP contribution in [0.3, 0.4) is 0 Å². The summed E-state index contributed by atoms with van der Waals surface area (Å²) in [6.45, 7) is 7.02. The second kappa shape index (κ2) is 7.95. The number of rotatable bonds is 5. The fourth-order valence-electron chi connectivity index (χ4n) is 3.50. The van der Waals surface area contributed by atoms with E-state index >= 15 is 0 Å². The summed E-state index contributed by atoms with van der Waals surface area (Å²) in [7, 11) is 1.77. The molecule has 2 heterocycles. The van der Waals surface area contributed by atoms with Crippen molar-refractivity contribution in [2.75, 3.05) is 46.5 Å². The number of benzene rings is 1. The molecule has 0 bridgehead atoms. The Hall–Kier alpha value is -1.10. The van der Waals surface area contributed by atoms with Gasteiger partial charge in [0.1, 0.15) is 5.75 Å². The van der Waals surface area contributed by atoms with Crippen molar-refractivity contribution < 1.29 is 9.47 Å². The third-order valence-corrected chi connectivity index (χ3v) is 4.83. The average molecular weight is 304 g/mol. The summed E-state index contributed by atoms with van der Waals surface area (Å²) in [6.07, 6.45) is 3.79. The highest BCUT2D eigenvalue weighted by atomic mass is 16.5. The number of nitrogens with one attached hydrogen (secondary N) is 1. The van der Waals surface area contributed by atoms with Crippen LogP contribution in [0.15, 0.2) is 18.2 Å². The van der Waals surface area contributed by atoms with Crippen LogP contribution in [-0.4, -0.2) is 51.4 Å². The van der Waals surface area contributed by atoms with E-state index in [-0.39, 0.29) is 0 Å². The molecule has 0 radical (unpaired) electrons. The predicted octanol–water partition coefficient (Wildman–Crippen LogP) is 2.07. The minimum Gasteiger partial charge on any atom is -0.496 e. The molecule has 4 nitrogen and oxygen atoms in total. The molecule has 2 aliphatic rings. The molecule has 0 atom stereocenters. The van der Waals surface area contributed by atoms with Crippen LogP contribution in [0.25, 0.3) is 0 Å². The number of ether oxygens (including phenoxy) is 2. The van der Waals surface area contributed by atoms with Gasteiger partial charge in [-0.3, -0.25) is 4.90 Å². The van der Waals surface area contributed by atoms with Gasteiger partial charge in [-0.05, 0) is 49.9 Å². The Bertz CT molecular complexity index is 466. The fraction of sp³-hybridized carbons (Fsp3) is 0.667. The molecule has 3 rings (SSSR count). The van der Waals surface area contributed by atoms with Gasteiger partial charge in [-0.2, -0.15) is 0 Å². The van der Waals surface area contributed by atoms with Crippen LogP contribution in [0.4, 0.5) is 0 Å². The van der Waals surface area contributed by atoms with Gasteiger partial charge in [0.25, 0.3) is 0 Å². The molecule has 1 N–H and O–H groups in total. The molecule has 4 heteroatoms. The number of hydrogen-bond donors (Lipinski definition) is 1. The zero-order valence-electron chi connectivity index (χ0n) is 13.6. The first-order chi connectivity index (χ1) is 10.8. The average Bonchev–Trinajstić information content (AvgIpc) is 2.57. The van der Waals surface area contributed by atoms with E-state index in [4.69, 9.17) is 9.47 Å². The van der Waals surface area contributed by atoms with Crippen molar-refractivity contribution in [1.29, 1.82) is 0 Å². The summed E-state index contributed by atoms with van der Waals surface area (Å²) in [6, 6.07) is 6.74. The lowest BCUT2D eigenvalue weighted by Gasteiger charge is -2.27. The maximum Gasteiger partial charge on any atom is 0.123 e. The Labute approximate surface area is 133 Å². The molecule has 1 aromatic carbocycles. The van der Waals surface area contributed by atoms with Crippen molar-refractivity contribution in [3.05, 3.63) is 29.3 Å². The van der Waals surface area contributed by atoms with Crippen molar-refractivity contribution in [2.45, 2.75) is 25.8 Å². The second-order valence-electron chi connectivity index (χ2n) is 6.43. The van der Waals surface area contributed by atoms with E-state index in [1.54, 1.807) is 7.11 Å². The lowest BCUT2D eigenvalue weighted by atomic mass is 9.90. The van der Waals surface area contributed by atoms with E-state index in [2.05, 4.69) is 28.4 Å². The van der Waals surface area contributed by atoms with Gasteiger partial charge in [0.05, 0.1) is 20.3 Å². The van der Waals surface area contributed by atoms with Crippen LogP contribution < -0.4 is 10.1 Å². The van der Waals surface area contributed by atoms with E-state index in [1.165, 1.54) is 43.5 Å². The second-order valence-corrected chi connectivity index (χ2v) is 6.43. The summed E-state index contributed by atoms with van der Waals surface area (Å²) in [5.41, 5.74) is 2.77. The molecule has 0 aliphatic carbocycles. The monoisotopic (exact) mass is 304 g/mol. The molecule has 0 spiro atoms. The summed E-state index contributed by atoms with van der Waals surface area (Å²) in [5, 5.41) is 3.45. The number of hydrogen-bond acceptors (Lipinski definition) is 4. The number of methoxy groups -OCH3 is 1. The maximum absolute atomic E-state index is 5.56. The molecular weight excluding hydrogens is 276 g/mol. The van der Waals surface area contributed by atoms with Crippen LogP contribution in [0.1, 0.15) is 24.0 Å². The van der Waals surface area contributed by atoms with Gasteiger partial charge < -0.3 is 14.8 Å². The van der Waals surface area contributed by atoms with Crippen molar-refractivity contribution in [1.82, 2.24) is 10.2 Å².